The topological polar surface area (TPSA) is 12.0 Å². The molecule has 1 saturated carbocycles. The van der Waals surface area contributed by atoms with Gasteiger partial charge in [-0.15, -0.1) is 0 Å². The van der Waals surface area contributed by atoms with Crippen LogP contribution in [-0.4, -0.2) is 6.04 Å². The van der Waals surface area contributed by atoms with Gasteiger partial charge in [-0.25, -0.2) is 8.78 Å². The third kappa shape index (κ3) is 2.71. The van der Waals surface area contributed by atoms with Gasteiger partial charge in [-0.1, -0.05) is 6.92 Å². The first-order chi connectivity index (χ1) is 7.65. The monoisotopic (exact) mass is 225 g/mol. The minimum atomic E-state index is -0.789. The van der Waals surface area contributed by atoms with Gasteiger partial charge in [0.05, 0.1) is 0 Å². The van der Waals surface area contributed by atoms with Crippen molar-refractivity contribution >= 4 is 5.69 Å². The molecule has 1 aliphatic carbocycles. The molecule has 0 amide bonds. The van der Waals surface area contributed by atoms with Crippen molar-refractivity contribution in [2.75, 3.05) is 5.32 Å². The molecule has 0 heterocycles. The summed E-state index contributed by atoms with van der Waals surface area (Å²) in [7, 11) is 0. The number of nitrogens with one attached hydrogen (secondary N) is 1. The lowest BCUT2D eigenvalue weighted by molar-refractivity contribution is 0.361. The summed E-state index contributed by atoms with van der Waals surface area (Å²) >= 11 is 0. The van der Waals surface area contributed by atoms with Crippen LogP contribution >= 0.6 is 0 Å². The number of halogens is 2. The van der Waals surface area contributed by atoms with Crippen molar-refractivity contribution in [3.8, 4) is 0 Å². The van der Waals surface area contributed by atoms with Gasteiger partial charge in [0.15, 0.2) is 11.6 Å². The number of rotatable bonds is 2. The van der Waals surface area contributed by atoms with Crippen LogP contribution < -0.4 is 5.32 Å². The first-order valence-electron chi connectivity index (χ1n) is 5.87. The smallest absolute Gasteiger partial charge is 0.160 e. The van der Waals surface area contributed by atoms with E-state index in [-0.39, 0.29) is 0 Å². The summed E-state index contributed by atoms with van der Waals surface area (Å²) in [5.41, 5.74) is 0.679. The average molecular weight is 225 g/mol. The zero-order valence-electron chi connectivity index (χ0n) is 9.47. The van der Waals surface area contributed by atoms with E-state index in [1.165, 1.54) is 25.0 Å². The number of benzene rings is 1. The number of hydrogen-bond donors (Lipinski definition) is 1. The van der Waals surface area contributed by atoms with E-state index in [1.54, 1.807) is 6.07 Å². The highest BCUT2D eigenvalue weighted by Crippen LogP contribution is 2.26. The highest BCUT2D eigenvalue weighted by atomic mass is 19.2. The van der Waals surface area contributed by atoms with Gasteiger partial charge in [0.2, 0.25) is 0 Å². The second-order valence-electron chi connectivity index (χ2n) is 4.73. The minimum absolute atomic E-state index is 0.404. The molecule has 0 bridgehead atoms. The highest BCUT2D eigenvalue weighted by molar-refractivity contribution is 5.44. The fourth-order valence-electron chi connectivity index (χ4n) is 2.23. The van der Waals surface area contributed by atoms with Crippen molar-refractivity contribution in [1.29, 1.82) is 0 Å². The molecule has 0 aromatic heterocycles. The van der Waals surface area contributed by atoms with Gasteiger partial charge in [-0.05, 0) is 43.7 Å². The molecule has 2 rings (SSSR count). The van der Waals surface area contributed by atoms with Gasteiger partial charge in [-0.2, -0.15) is 0 Å². The Bertz CT molecular complexity index is 357. The van der Waals surface area contributed by atoms with E-state index in [0.717, 1.165) is 18.8 Å². The lowest BCUT2D eigenvalue weighted by atomic mass is 9.87. The van der Waals surface area contributed by atoms with Crippen molar-refractivity contribution in [2.24, 2.45) is 5.92 Å². The number of anilines is 1. The molecule has 16 heavy (non-hydrogen) atoms. The molecule has 1 aromatic rings. The zero-order chi connectivity index (χ0) is 11.5. The van der Waals surface area contributed by atoms with Gasteiger partial charge in [0.1, 0.15) is 0 Å². The standard InChI is InChI=1S/C13H17F2N/c1-9-2-4-10(5-3-9)16-11-6-7-12(14)13(15)8-11/h6-10,16H,2-5H2,1H3. The Labute approximate surface area is 94.9 Å². The SMILES string of the molecule is CC1CCC(Nc2ccc(F)c(F)c2)CC1. The molecular formula is C13H17F2N. The molecule has 3 heteroatoms. The maximum Gasteiger partial charge on any atom is 0.160 e. The fraction of sp³-hybridized carbons (Fsp3) is 0.538. The predicted molar refractivity (Wildman–Crippen MR) is 61.4 cm³/mol. The normalized spacial score (nSPS) is 25.4. The predicted octanol–water partition coefficient (Wildman–Crippen LogP) is 3.96. The summed E-state index contributed by atoms with van der Waals surface area (Å²) in [6.45, 7) is 2.26. The van der Waals surface area contributed by atoms with Gasteiger partial charge in [-0.3, -0.25) is 0 Å². The van der Waals surface area contributed by atoms with Crippen LogP contribution in [-0.2, 0) is 0 Å². The van der Waals surface area contributed by atoms with Gasteiger partial charge < -0.3 is 5.32 Å². The van der Waals surface area contributed by atoms with E-state index in [4.69, 9.17) is 0 Å². The quantitative estimate of drug-likeness (QED) is 0.803. The molecular weight excluding hydrogens is 208 g/mol. The molecule has 1 aliphatic rings. The summed E-state index contributed by atoms with van der Waals surface area (Å²) < 4.78 is 25.7. The van der Waals surface area contributed by atoms with Crippen LogP contribution in [0.3, 0.4) is 0 Å². The molecule has 1 nitrogen and oxygen atoms in total. The number of hydrogen-bond acceptors (Lipinski definition) is 1. The Kier molecular flexibility index (Phi) is 3.42. The van der Waals surface area contributed by atoms with Crippen molar-refractivity contribution in [1.82, 2.24) is 0 Å². The Morgan fingerprint density at radius 2 is 1.75 bits per heavy atom. The third-order valence-corrected chi connectivity index (χ3v) is 3.31. The van der Waals surface area contributed by atoms with Crippen LogP contribution in [0.25, 0.3) is 0 Å². The Balaban J connectivity index is 1.96. The average Bonchev–Trinajstić information content (AvgIpc) is 2.27. The summed E-state index contributed by atoms with van der Waals surface area (Å²) in [4.78, 5) is 0. The maximum atomic E-state index is 13.0. The fourth-order valence-corrected chi connectivity index (χ4v) is 2.23. The van der Waals surface area contributed by atoms with E-state index in [1.807, 2.05) is 0 Å². The van der Waals surface area contributed by atoms with Crippen molar-refractivity contribution in [2.45, 2.75) is 38.6 Å². The molecule has 1 fully saturated rings. The van der Waals surface area contributed by atoms with Gasteiger partial charge >= 0.3 is 0 Å². The van der Waals surface area contributed by atoms with Gasteiger partial charge in [0.25, 0.3) is 0 Å². The first-order valence-corrected chi connectivity index (χ1v) is 5.87. The Hall–Kier alpha value is -1.12. The van der Waals surface area contributed by atoms with Crippen LogP contribution in [0.15, 0.2) is 18.2 Å². The lowest BCUT2D eigenvalue weighted by Crippen LogP contribution is -2.25. The molecule has 0 aliphatic heterocycles. The van der Waals surface area contributed by atoms with Crippen LogP contribution in [0, 0.1) is 17.6 Å². The Morgan fingerprint density at radius 3 is 2.38 bits per heavy atom. The summed E-state index contributed by atoms with van der Waals surface area (Å²) in [6.07, 6.45) is 4.64. The van der Waals surface area contributed by atoms with Crippen molar-refractivity contribution in [3.05, 3.63) is 29.8 Å². The second kappa shape index (κ2) is 4.81. The van der Waals surface area contributed by atoms with Crippen LogP contribution in [0.4, 0.5) is 14.5 Å². The van der Waals surface area contributed by atoms with Crippen LogP contribution in [0.1, 0.15) is 32.6 Å². The van der Waals surface area contributed by atoms with E-state index in [2.05, 4.69) is 12.2 Å². The largest absolute Gasteiger partial charge is 0.382 e. The lowest BCUT2D eigenvalue weighted by Gasteiger charge is -2.27. The maximum absolute atomic E-state index is 13.0. The molecule has 0 spiro atoms. The molecule has 0 radical (unpaired) electrons. The first kappa shape index (κ1) is 11.4. The minimum Gasteiger partial charge on any atom is -0.382 e. The van der Waals surface area contributed by atoms with Crippen molar-refractivity contribution < 1.29 is 8.78 Å². The Morgan fingerprint density at radius 1 is 1.06 bits per heavy atom. The van der Waals surface area contributed by atoms with E-state index in [0.29, 0.717) is 11.7 Å². The van der Waals surface area contributed by atoms with Crippen molar-refractivity contribution in [3.63, 3.8) is 0 Å². The van der Waals surface area contributed by atoms with E-state index < -0.39 is 11.6 Å². The summed E-state index contributed by atoms with van der Waals surface area (Å²) in [6, 6.07) is 4.40. The molecule has 1 N–H and O–H groups in total. The van der Waals surface area contributed by atoms with Crippen LogP contribution in [0.2, 0.25) is 0 Å². The zero-order valence-corrected chi connectivity index (χ0v) is 9.47. The molecule has 0 saturated heterocycles. The highest BCUT2D eigenvalue weighted by Gasteiger charge is 2.18. The molecule has 88 valence electrons. The molecule has 0 unspecified atom stereocenters. The van der Waals surface area contributed by atoms with Gasteiger partial charge in [0, 0.05) is 17.8 Å². The summed E-state index contributed by atoms with van der Waals surface area (Å²) in [5, 5.41) is 3.26. The third-order valence-electron chi connectivity index (χ3n) is 3.31. The van der Waals surface area contributed by atoms with E-state index in [9.17, 15) is 8.78 Å². The van der Waals surface area contributed by atoms with Crippen LogP contribution in [0.5, 0.6) is 0 Å². The molecule has 0 atom stereocenters. The second-order valence-corrected chi connectivity index (χ2v) is 4.73. The molecule has 1 aromatic carbocycles. The van der Waals surface area contributed by atoms with E-state index >= 15 is 0 Å². The summed E-state index contributed by atoms with van der Waals surface area (Å²) in [5.74, 6) is -0.778.